The minimum Gasteiger partial charge on any atom is -0.326 e. The summed E-state index contributed by atoms with van der Waals surface area (Å²) in [5, 5.41) is 2.68. The zero-order chi connectivity index (χ0) is 13.7. The highest BCUT2D eigenvalue weighted by atomic mass is 19.1. The highest BCUT2D eigenvalue weighted by Crippen LogP contribution is 2.10. The molecule has 0 aliphatic heterocycles. The lowest BCUT2D eigenvalue weighted by molar-refractivity contribution is -0.115. The van der Waals surface area contributed by atoms with E-state index in [0.29, 0.717) is 16.8 Å². The van der Waals surface area contributed by atoms with Crippen molar-refractivity contribution in [3.8, 4) is 0 Å². The maximum absolute atomic E-state index is 13.0. The van der Waals surface area contributed by atoms with Gasteiger partial charge in [0, 0.05) is 11.3 Å². The molecule has 1 N–H and O–H groups in total. The number of halogens is 1. The molecule has 2 aromatic carbocycles. The van der Waals surface area contributed by atoms with Crippen LogP contribution in [-0.4, -0.2) is 12.2 Å². The molecule has 3 nitrogen and oxygen atoms in total. The quantitative estimate of drug-likeness (QED) is 0.856. The summed E-state index contributed by atoms with van der Waals surface area (Å²) in [6.45, 7) is 0. The fourth-order valence-electron chi connectivity index (χ4n) is 1.68. The van der Waals surface area contributed by atoms with Crippen molar-refractivity contribution in [2.75, 3.05) is 5.32 Å². The number of amides is 1. The second-order valence-corrected chi connectivity index (χ2v) is 4.09. The summed E-state index contributed by atoms with van der Waals surface area (Å²) in [4.78, 5) is 22.2. The molecule has 0 radical (unpaired) electrons. The van der Waals surface area contributed by atoms with Crippen LogP contribution in [0.3, 0.4) is 0 Å². The van der Waals surface area contributed by atoms with Crippen LogP contribution in [-0.2, 0) is 11.2 Å². The molecule has 0 aromatic heterocycles. The molecule has 0 fully saturated rings. The molecule has 0 unspecified atom stereocenters. The van der Waals surface area contributed by atoms with E-state index in [1.54, 1.807) is 36.4 Å². The second kappa shape index (κ2) is 5.91. The highest BCUT2D eigenvalue weighted by Gasteiger charge is 2.05. The monoisotopic (exact) mass is 257 g/mol. The number of benzene rings is 2. The third-order valence-electron chi connectivity index (χ3n) is 2.58. The van der Waals surface area contributed by atoms with Crippen LogP contribution in [0.15, 0.2) is 48.5 Å². The van der Waals surface area contributed by atoms with Gasteiger partial charge in [0.15, 0.2) is 0 Å². The molecular formula is C15H12FNO2. The fraction of sp³-hybridized carbons (Fsp3) is 0.0667. The van der Waals surface area contributed by atoms with E-state index in [1.807, 2.05) is 0 Å². The SMILES string of the molecule is O=Cc1ccc(NC(=O)Cc2cccc(F)c2)cc1. The van der Waals surface area contributed by atoms with Gasteiger partial charge < -0.3 is 5.32 Å². The number of carbonyl (C=O) groups excluding carboxylic acids is 2. The predicted molar refractivity (Wildman–Crippen MR) is 70.6 cm³/mol. The number of nitrogens with one attached hydrogen (secondary N) is 1. The van der Waals surface area contributed by atoms with Crippen LogP contribution in [0.1, 0.15) is 15.9 Å². The third-order valence-corrected chi connectivity index (χ3v) is 2.58. The highest BCUT2D eigenvalue weighted by molar-refractivity contribution is 5.92. The van der Waals surface area contributed by atoms with Crippen molar-refractivity contribution >= 4 is 17.9 Å². The van der Waals surface area contributed by atoms with Crippen LogP contribution >= 0.6 is 0 Å². The fourth-order valence-corrected chi connectivity index (χ4v) is 1.68. The molecule has 19 heavy (non-hydrogen) atoms. The number of aldehydes is 1. The summed E-state index contributed by atoms with van der Waals surface area (Å²) in [5.74, 6) is -0.593. The van der Waals surface area contributed by atoms with Crippen LogP contribution in [0, 0.1) is 5.82 Å². The van der Waals surface area contributed by atoms with Crippen LogP contribution in [0.2, 0.25) is 0 Å². The first-order valence-electron chi connectivity index (χ1n) is 5.77. The van der Waals surface area contributed by atoms with E-state index < -0.39 is 0 Å². The van der Waals surface area contributed by atoms with Crippen molar-refractivity contribution < 1.29 is 14.0 Å². The Labute approximate surface area is 110 Å². The predicted octanol–water partition coefficient (Wildman–Crippen LogP) is 2.82. The zero-order valence-electron chi connectivity index (χ0n) is 10.1. The molecule has 0 heterocycles. The molecule has 2 aromatic rings. The van der Waals surface area contributed by atoms with E-state index in [-0.39, 0.29) is 18.1 Å². The first-order chi connectivity index (χ1) is 9.17. The molecule has 0 aliphatic carbocycles. The van der Waals surface area contributed by atoms with Crippen LogP contribution in [0.25, 0.3) is 0 Å². The van der Waals surface area contributed by atoms with E-state index in [2.05, 4.69) is 5.32 Å². The Kier molecular flexibility index (Phi) is 4.03. The first kappa shape index (κ1) is 13.0. The topological polar surface area (TPSA) is 46.2 Å². The van der Waals surface area contributed by atoms with Gasteiger partial charge in [0.1, 0.15) is 12.1 Å². The van der Waals surface area contributed by atoms with Crippen molar-refractivity contribution in [1.29, 1.82) is 0 Å². The van der Waals surface area contributed by atoms with E-state index in [9.17, 15) is 14.0 Å². The Morgan fingerprint density at radius 2 is 1.89 bits per heavy atom. The standard InChI is InChI=1S/C15H12FNO2/c16-13-3-1-2-12(8-13)9-15(19)17-14-6-4-11(10-18)5-7-14/h1-8,10H,9H2,(H,17,19). The molecular weight excluding hydrogens is 245 g/mol. The molecule has 0 saturated carbocycles. The Morgan fingerprint density at radius 1 is 1.16 bits per heavy atom. The zero-order valence-corrected chi connectivity index (χ0v) is 10.1. The minimum absolute atomic E-state index is 0.104. The molecule has 1 amide bonds. The maximum Gasteiger partial charge on any atom is 0.228 e. The van der Waals surface area contributed by atoms with Crippen molar-refractivity contribution in [1.82, 2.24) is 0 Å². The van der Waals surface area contributed by atoms with Gasteiger partial charge in [-0.1, -0.05) is 12.1 Å². The summed E-state index contributed by atoms with van der Waals surface area (Å²) in [6.07, 6.45) is 0.839. The summed E-state index contributed by atoms with van der Waals surface area (Å²) >= 11 is 0. The van der Waals surface area contributed by atoms with Crippen molar-refractivity contribution in [3.63, 3.8) is 0 Å². The van der Waals surface area contributed by atoms with Gasteiger partial charge in [-0.05, 0) is 42.0 Å². The number of hydrogen-bond acceptors (Lipinski definition) is 2. The lowest BCUT2D eigenvalue weighted by Gasteiger charge is -2.05. The molecule has 0 atom stereocenters. The molecule has 0 saturated heterocycles. The van der Waals surface area contributed by atoms with Crippen LogP contribution < -0.4 is 5.32 Å². The number of hydrogen-bond donors (Lipinski definition) is 1. The normalized spacial score (nSPS) is 9.95. The second-order valence-electron chi connectivity index (χ2n) is 4.09. The largest absolute Gasteiger partial charge is 0.326 e. The summed E-state index contributed by atoms with van der Waals surface area (Å²) < 4.78 is 13.0. The maximum atomic E-state index is 13.0. The number of carbonyl (C=O) groups is 2. The molecule has 0 bridgehead atoms. The van der Waals surface area contributed by atoms with Gasteiger partial charge in [0.05, 0.1) is 6.42 Å². The Bertz CT molecular complexity index is 593. The van der Waals surface area contributed by atoms with Gasteiger partial charge in [-0.25, -0.2) is 4.39 Å². The Balaban J connectivity index is 1.98. The summed E-state index contributed by atoms with van der Waals surface area (Å²) in [7, 11) is 0. The van der Waals surface area contributed by atoms with Gasteiger partial charge in [-0.15, -0.1) is 0 Å². The summed E-state index contributed by atoms with van der Waals surface area (Å²) in [5.41, 5.74) is 1.76. The molecule has 4 heteroatoms. The molecule has 96 valence electrons. The lowest BCUT2D eigenvalue weighted by atomic mass is 10.1. The third kappa shape index (κ3) is 3.74. The van der Waals surface area contributed by atoms with Crippen LogP contribution in [0.5, 0.6) is 0 Å². The molecule has 0 aliphatic rings. The van der Waals surface area contributed by atoms with Gasteiger partial charge in [0.25, 0.3) is 0 Å². The lowest BCUT2D eigenvalue weighted by Crippen LogP contribution is -2.14. The smallest absolute Gasteiger partial charge is 0.228 e. The van der Waals surface area contributed by atoms with E-state index in [0.717, 1.165) is 6.29 Å². The Hall–Kier alpha value is -2.49. The van der Waals surface area contributed by atoms with Gasteiger partial charge in [-0.2, -0.15) is 0 Å². The number of rotatable bonds is 4. The molecule has 0 spiro atoms. The van der Waals surface area contributed by atoms with Gasteiger partial charge in [-0.3, -0.25) is 9.59 Å². The van der Waals surface area contributed by atoms with Crippen molar-refractivity contribution in [2.24, 2.45) is 0 Å². The Morgan fingerprint density at radius 3 is 2.53 bits per heavy atom. The van der Waals surface area contributed by atoms with E-state index in [1.165, 1.54) is 12.1 Å². The van der Waals surface area contributed by atoms with Crippen molar-refractivity contribution in [3.05, 3.63) is 65.5 Å². The van der Waals surface area contributed by atoms with E-state index >= 15 is 0 Å². The first-order valence-corrected chi connectivity index (χ1v) is 5.77. The van der Waals surface area contributed by atoms with E-state index in [4.69, 9.17) is 0 Å². The average Bonchev–Trinajstić information content (AvgIpc) is 2.39. The van der Waals surface area contributed by atoms with Gasteiger partial charge in [0.2, 0.25) is 5.91 Å². The minimum atomic E-state index is -0.361. The van der Waals surface area contributed by atoms with Crippen molar-refractivity contribution in [2.45, 2.75) is 6.42 Å². The van der Waals surface area contributed by atoms with Crippen LogP contribution in [0.4, 0.5) is 10.1 Å². The average molecular weight is 257 g/mol. The molecule has 2 rings (SSSR count). The number of anilines is 1. The van der Waals surface area contributed by atoms with Gasteiger partial charge >= 0.3 is 0 Å². The summed E-state index contributed by atoms with van der Waals surface area (Å²) in [6, 6.07) is 12.4.